The number of hydrogen-bond donors (Lipinski definition) is 1. The van der Waals surface area contributed by atoms with Crippen molar-refractivity contribution in [3.8, 4) is 0 Å². The smallest absolute Gasteiger partial charge is 0.201 e. The van der Waals surface area contributed by atoms with Gasteiger partial charge in [-0.3, -0.25) is 0 Å². The molecule has 0 heterocycles. The number of fused-ring (bicyclic) bond motifs is 1. The second-order valence-corrected chi connectivity index (χ2v) is 30.8. The Hall–Kier alpha value is -0.466. The van der Waals surface area contributed by atoms with Gasteiger partial charge in [-0.25, -0.2) is 0 Å². The van der Waals surface area contributed by atoms with Crippen LogP contribution in [0.15, 0.2) is 35.5 Å². The highest BCUT2D eigenvalue weighted by Gasteiger charge is 2.51. The van der Waals surface area contributed by atoms with Crippen molar-refractivity contribution in [2.45, 2.75) is 232 Å². The molecule has 0 amide bonds. The molecule has 3 aliphatic rings. The van der Waals surface area contributed by atoms with Crippen LogP contribution in [-0.4, -0.2) is 39.6 Å². The van der Waals surface area contributed by atoms with Crippen LogP contribution < -0.4 is 0 Å². The Morgan fingerprint density at radius 3 is 1.86 bits per heavy atom. The van der Waals surface area contributed by atoms with Crippen molar-refractivity contribution in [3.63, 3.8) is 0 Å². The average molecular weight is 729 g/mol. The molecule has 3 rings (SSSR count). The molecule has 0 aromatic carbocycles. The van der Waals surface area contributed by atoms with Crippen LogP contribution in [0, 0.1) is 17.3 Å². The molecular weight excluding hydrogens is 645 g/mol. The first-order valence-corrected chi connectivity index (χ1v) is 25.6. The lowest BCUT2D eigenvalue weighted by molar-refractivity contribution is 0.0664. The Labute approximate surface area is 314 Å². The minimum absolute atomic E-state index is 0.0272. The largest absolute Gasteiger partial charge is 0.413 e. The maximum atomic E-state index is 10.2. The van der Waals surface area contributed by atoms with E-state index >= 15 is 0 Å². The Kier molecular flexibility index (Phi) is 15.6. The predicted molar refractivity (Wildman–Crippen MR) is 224 cm³/mol. The summed E-state index contributed by atoms with van der Waals surface area (Å²) in [6, 6.07) is 0. The zero-order valence-electron chi connectivity index (χ0n) is 35.9. The number of rotatable bonds is 17. The molecule has 5 atom stereocenters. The minimum Gasteiger partial charge on any atom is -0.413 e. The van der Waals surface area contributed by atoms with E-state index in [9.17, 15) is 5.11 Å². The van der Waals surface area contributed by atoms with Gasteiger partial charge in [0.15, 0.2) is 0 Å². The van der Waals surface area contributed by atoms with Gasteiger partial charge in [0.25, 0.3) is 0 Å². The Morgan fingerprint density at radius 1 is 0.800 bits per heavy atom. The molecular formula is C45H84O3Si2. The van der Waals surface area contributed by atoms with Gasteiger partial charge in [-0.1, -0.05) is 140 Å². The summed E-state index contributed by atoms with van der Waals surface area (Å²) >= 11 is 0. The third kappa shape index (κ3) is 9.60. The van der Waals surface area contributed by atoms with Crippen molar-refractivity contribution in [1.82, 2.24) is 0 Å². The standard InChI is InChI=1S/C45H84O3Si2/c1-31(2)49(32(3)4,33(5)6)47-41-29-39(37(13)43(30-41)48-50(34(7)8,35(9)10)36(11)12)24-23-38-25-26-40(45(16)28-20-22-42(38)45)21-18-17-19-27-44(14,15)46/h23-24,31-36,40-43,46H,13,17-22,25-30H2,1-12,14-16H3/b38-23+,39-24-/t40-,41-,42+,43+,45+/m1/s1. The second-order valence-electron chi connectivity index (χ2n) is 20.0. The maximum absolute atomic E-state index is 10.2. The summed E-state index contributed by atoms with van der Waals surface area (Å²) < 4.78 is 15.2. The van der Waals surface area contributed by atoms with Crippen molar-refractivity contribution in [3.05, 3.63) is 35.5 Å². The van der Waals surface area contributed by atoms with Gasteiger partial charge in [-0.2, -0.15) is 0 Å². The van der Waals surface area contributed by atoms with E-state index in [1.807, 2.05) is 13.8 Å². The fourth-order valence-electron chi connectivity index (χ4n) is 11.9. The van der Waals surface area contributed by atoms with E-state index in [1.165, 1.54) is 62.5 Å². The van der Waals surface area contributed by atoms with E-state index in [2.05, 4.69) is 102 Å². The topological polar surface area (TPSA) is 38.7 Å². The first kappa shape index (κ1) is 43.9. The molecule has 0 spiro atoms. The lowest BCUT2D eigenvalue weighted by atomic mass is 9.59. The van der Waals surface area contributed by atoms with Crippen molar-refractivity contribution >= 4 is 16.6 Å². The van der Waals surface area contributed by atoms with Gasteiger partial charge in [-0.15, -0.1) is 0 Å². The van der Waals surface area contributed by atoms with Crippen molar-refractivity contribution in [2.24, 2.45) is 17.3 Å². The summed E-state index contributed by atoms with van der Waals surface area (Å²) in [7, 11) is -4.18. The van der Waals surface area contributed by atoms with Crippen molar-refractivity contribution in [1.29, 1.82) is 0 Å². The van der Waals surface area contributed by atoms with Crippen LogP contribution in [0.3, 0.4) is 0 Å². The van der Waals surface area contributed by atoms with Gasteiger partial charge >= 0.3 is 0 Å². The first-order chi connectivity index (χ1) is 23.1. The molecule has 0 aromatic rings. The van der Waals surface area contributed by atoms with Crippen LogP contribution in [0.5, 0.6) is 0 Å². The fraction of sp³-hybridized carbons (Fsp3) is 0.867. The van der Waals surface area contributed by atoms with E-state index in [0.717, 1.165) is 31.6 Å². The van der Waals surface area contributed by atoms with Gasteiger partial charge in [0.2, 0.25) is 16.6 Å². The van der Waals surface area contributed by atoms with Gasteiger partial charge in [0.05, 0.1) is 17.8 Å². The van der Waals surface area contributed by atoms with Gasteiger partial charge in [0, 0.05) is 6.42 Å². The van der Waals surface area contributed by atoms with Crippen LogP contribution >= 0.6 is 0 Å². The van der Waals surface area contributed by atoms with Gasteiger partial charge < -0.3 is 14.0 Å². The molecule has 0 unspecified atom stereocenters. The summed E-state index contributed by atoms with van der Waals surface area (Å²) in [6.07, 6.45) is 19.7. The average Bonchev–Trinajstić information content (AvgIpc) is 3.40. The first-order valence-electron chi connectivity index (χ1n) is 21.3. The molecule has 3 fully saturated rings. The second kappa shape index (κ2) is 17.8. The van der Waals surface area contributed by atoms with Gasteiger partial charge in [-0.05, 0) is 120 Å². The number of allylic oxidation sites excluding steroid dienone is 3. The van der Waals surface area contributed by atoms with Gasteiger partial charge in [0.1, 0.15) is 0 Å². The lowest BCUT2D eigenvalue weighted by Crippen LogP contribution is -2.54. The highest BCUT2D eigenvalue weighted by molar-refractivity contribution is 6.78. The molecule has 5 heteroatoms. The molecule has 290 valence electrons. The molecule has 1 N–H and O–H groups in total. The molecule has 3 saturated carbocycles. The molecule has 0 radical (unpaired) electrons. The monoisotopic (exact) mass is 729 g/mol. The molecule has 50 heavy (non-hydrogen) atoms. The molecule has 3 nitrogen and oxygen atoms in total. The summed E-state index contributed by atoms with van der Waals surface area (Å²) in [5.74, 6) is 1.53. The number of hydrogen-bond acceptors (Lipinski definition) is 3. The van der Waals surface area contributed by atoms with E-state index < -0.39 is 22.2 Å². The Morgan fingerprint density at radius 2 is 1.34 bits per heavy atom. The normalized spacial score (nSPS) is 28.9. The quantitative estimate of drug-likeness (QED) is 0.120. The van der Waals surface area contributed by atoms with Crippen LogP contribution in [0.2, 0.25) is 33.2 Å². The van der Waals surface area contributed by atoms with Crippen LogP contribution in [0.4, 0.5) is 0 Å². The van der Waals surface area contributed by atoms with Crippen molar-refractivity contribution < 1.29 is 14.0 Å². The van der Waals surface area contributed by atoms with E-state index in [0.29, 0.717) is 44.6 Å². The van der Waals surface area contributed by atoms with Crippen LogP contribution in [-0.2, 0) is 8.85 Å². The SMILES string of the molecule is C=C1/C(=C\C=C2/CC[C@@H](CCCCCC(C)(C)O)[C@]3(C)CCC[C@@H]23)C[C@@H](O[Si](C(C)C)(C(C)C)C(C)C)C[C@@H]1O[Si](C(C)C)(C(C)C)C(C)C. The van der Waals surface area contributed by atoms with E-state index in [4.69, 9.17) is 15.4 Å². The van der Waals surface area contributed by atoms with E-state index in [1.54, 1.807) is 5.57 Å². The molecule has 0 aromatic heterocycles. The number of aliphatic hydroxyl groups is 1. The van der Waals surface area contributed by atoms with Crippen LogP contribution in [0.25, 0.3) is 0 Å². The Balaban J connectivity index is 1.94. The predicted octanol–water partition coefficient (Wildman–Crippen LogP) is 14.2. The lowest BCUT2D eigenvalue weighted by Gasteiger charge is -2.49. The number of unbranched alkanes of at least 4 members (excludes halogenated alkanes) is 2. The molecule has 3 aliphatic carbocycles. The third-order valence-corrected chi connectivity index (χ3v) is 26.6. The summed E-state index contributed by atoms with van der Waals surface area (Å²) in [4.78, 5) is 0. The summed E-state index contributed by atoms with van der Waals surface area (Å²) in [5, 5.41) is 10.2. The third-order valence-electron chi connectivity index (χ3n) is 14.4. The Bertz CT molecular complexity index is 1110. The molecule has 0 saturated heterocycles. The highest BCUT2D eigenvalue weighted by Crippen LogP contribution is 2.58. The molecule has 0 aliphatic heterocycles. The van der Waals surface area contributed by atoms with Crippen LogP contribution in [0.1, 0.15) is 181 Å². The zero-order chi connectivity index (χ0) is 37.8. The van der Waals surface area contributed by atoms with E-state index in [-0.39, 0.29) is 12.2 Å². The van der Waals surface area contributed by atoms with Crippen molar-refractivity contribution in [2.75, 3.05) is 0 Å². The highest BCUT2D eigenvalue weighted by atomic mass is 28.4. The molecule has 0 bridgehead atoms. The fourth-order valence-corrected chi connectivity index (χ4v) is 23.0. The maximum Gasteiger partial charge on any atom is 0.201 e. The minimum atomic E-state index is -2.12. The summed E-state index contributed by atoms with van der Waals surface area (Å²) in [6.45, 7) is 40.3. The summed E-state index contributed by atoms with van der Waals surface area (Å²) in [5.41, 5.74) is 7.49. The zero-order valence-corrected chi connectivity index (χ0v) is 37.9.